The normalized spacial score (nSPS) is 19.1. The van der Waals surface area contributed by atoms with Gasteiger partial charge in [-0.15, -0.1) is 0 Å². The molecule has 2 aromatic carbocycles. The first-order valence-corrected chi connectivity index (χ1v) is 20.4. The summed E-state index contributed by atoms with van der Waals surface area (Å²) in [5.41, 5.74) is 0.924. The summed E-state index contributed by atoms with van der Waals surface area (Å²) in [6, 6.07) is 13.7. The van der Waals surface area contributed by atoms with E-state index in [4.69, 9.17) is 14.0 Å². The molecule has 1 saturated carbocycles. The maximum Gasteiger partial charge on any atom is 0.243 e. The van der Waals surface area contributed by atoms with Gasteiger partial charge in [-0.1, -0.05) is 79.7 Å². The first-order chi connectivity index (χ1) is 27.3. The van der Waals surface area contributed by atoms with E-state index in [1.54, 1.807) is 11.0 Å². The van der Waals surface area contributed by atoms with Gasteiger partial charge in [0.05, 0.1) is 57.1 Å². The number of rotatable bonds is 18. The molecule has 4 amide bonds. The minimum Gasteiger partial charge on any atom is -0.390 e. The summed E-state index contributed by atoms with van der Waals surface area (Å²) < 4.78 is 16.2. The van der Waals surface area contributed by atoms with Crippen LogP contribution in [0, 0.1) is 11.8 Å². The number of ether oxygens (including phenoxy) is 2. The second-order valence-corrected chi connectivity index (χ2v) is 15.4. The van der Waals surface area contributed by atoms with Crippen molar-refractivity contribution in [3.8, 4) is 0 Å². The SMILES string of the molecule is O=C(C[C@H](O)[C@H](CC1CCCCC1)NC(=O)[C@H](Cc1ccno1)NC(=O)[C@@H](CC(=O)N1CCOCC1)Cc1cccc2ccccc12)NCCN1CCOCC1. The molecule has 56 heavy (non-hydrogen) atoms. The molecule has 4 atom stereocenters. The zero-order valence-corrected chi connectivity index (χ0v) is 32.4. The quantitative estimate of drug-likeness (QED) is 0.150. The molecule has 1 aliphatic carbocycles. The van der Waals surface area contributed by atoms with Crippen LogP contribution in [0.3, 0.4) is 0 Å². The van der Waals surface area contributed by atoms with E-state index in [0.29, 0.717) is 64.8 Å². The maximum atomic E-state index is 14.4. The van der Waals surface area contributed by atoms with E-state index in [0.717, 1.165) is 61.5 Å². The van der Waals surface area contributed by atoms with Crippen LogP contribution in [0.15, 0.2) is 59.3 Å². The Morgan fingerprint density at radius 1 is 0.821 bits per heavy atom. The van der Waals surface area contributed by atoms with E-state index in [2.05, 4.69) is 26.0 Å². The van der Waals surface area contributed by atoms with Crippen LogP contribution in [0.4, 0.5) is 0 Å². The van der Waals surface area contributed by atoms with Gasteiger partial charge in [0.2, 0.25) is 23.6 Å². The van der Waals surface area contributed by atoms with Crippen LogP contribution >= 0.6 is 0 Å². The van der Waals surface area contributed by atoms with Crippen molar-refractivity contribution in [1.82, 2.24) is 30.9 Å². The summed E-state index contributed by atoms with van der Waals surface area (Å²) in [6.45, 7) is 5.89. The van der Waals surface area contributed by atoms with Gasteiger partial charge in [0.15, 0.2) is 0 Å². The Morgan fingerprint density at radius 3 is 2.30 bits per heavy atom. The van der Waals surface area contributed by atoms with Crippen LogP contribution in [0.1, 0.15) is 62.7 Å². The van der Waals surface area contributed by atoms with Crippen LogP contribution in [0.25, 0.3) is 10.8 Å². The predicted octanol–water partition coefficient (Wildman–Crippen LogP) is 2.62. The van der Waals surface area contributed by atoms with Crippen LogP contribution in [0.5, 0.6) is 0 Å². The smallest absolute Gasteiger partial charge is 0.243 e. The van der Waals surface area contributed by atoms with Gasteiger partial charge in [-0.3, -0.25) is 24.1 Å². The molecule has 14 nitrogen and oxygen atoms in total. The number of nitrogens with zero attached hydrogens (tertiary/aromatic N) is 3. The fourth-order valence-electron chi connectivity index (χ4n) is 8.15. The lowest BCUT2D eigenvalue weighted by atomic mass is 9.83. The number of carbonyl (C=O) groups excluding carboxylic acids is 4. The van der Waals surface area contributed by atoms with E-state index < -0.39 is 35.9 Å². The van der Waals surface area contributed by atoms with Gasteiger partial charge in [0, 0.05) is 58.2 Å². The second-order valence-electron chi connectivity index (χ2n) is 15.4. The second kappa shape index (κ2) is 21.2. The molecule has 14 heteroatoms. The van der Waals surface area contributed by atoms with E-state index in [1.165, 1.54) is 6.20 Å². The molecule has 3 aromatic rings. The lowest BCUT2D eigenvalue weighted by molar-refractivity contribution is -0.140. The van der Waals surface area contributed by atoms with Crippen LogP contribution in [-0.4, -0.2) is 128 Å². The minimum absolute atomic E-state index is 0.00421. The number of hydrogen-bond acceptors (Lipinski definition) is 10. The fraction of sp³-hybridized carbons (Fsp3) is 0.595. The molecular weight excluding hydrogens is 716 g/mol. The summed E-state index contributed by atoms with van der Waals surface area (Å²) in [4.78, 5) is 59.3. The number of aromatic nitrogens is 1. The molecule has 0 unspecified atom stereocenters. The van der Waals surface area contributed by atoms with Crippen LogP contribution in [-0.2, 0) is 41.5 Å². The van der Waals surface area contributed by atoms with Crippen molar-refractivity contribution in [3.05, 3.63) is 66.1 Å². The van der Waals surface area contributed by atoms with E-state index >= 15 is 0 Å². The summed E-state index contributed by atoms with van der Waals surface area (Å²) in [5.74, 6) is -1.50. The lowest BCUT2D eigenvalue weighted by Gasteiger charge is -2.32. The highest BCUT2D eigenvalue weighted by Crippen LogP contribution is 2.29. The van der Waals surface area contributed by atoms with Gasteiger partial charge in [0.25, 0.3) is 0 Å². The van der Waals surface area contributed by atoms with Crippen molar-refractivity contribution in [3.63, 3.8) is 0 Å². The third kappa shape index (κ3) is 12.3. The van der Waals surface area contributed by atoms with Crippen molar-refractivity contribution < 1.29 is 38.3 Å². The Hall–Kier alpha value is -4.37. The van der Waals surface area contributed by atoms with E-state index in [-0.39, 0.29) is 43.4 Å². The largest absolute Gasteiger partial charge is 0.390 e. The number of fused-ring (bicyclic) bond motifs is 1. The highest BCUT2D eigenvalue weighted by atomic mass is 16.5. The van der Waals surface area contributed by atoms with Crippen LogP contribution in [0.2, 0.25) is 0 Å². The van der Waals surface area contributed by atoms with Crippen molar-refractivity contribution >= 4 is 34.4 Å². The molecule has 1 aromatic heterocycles. The van der Waals surface area contributed by atoms with Gasteiger partial charge < -0.3 is 40.0 Å². The number of nitrogens with one attached hydrogen (secondary N) is 3. The van der Waals surface area contributed by atoms with Gasteiger partial charge >= 0.3 is 0 Å². The molecule has 2 saturated heterocycles. The maximum absolute atomic E-state index is 14.4. The highest BCUT2D eigenvalue weighted by molar-refractivity contribution is 5.92. The van der Waals surface area contributed by atoms with Crippen molar-refractivity contribution in [2.24, 2.45) is 11.8 Å². The number of aliphatic hydroxyl groups excluding tert-OH is 1. The number of hydrogen-bond donors (Lipinski definition) is 4. The van der Waals surface area contributed by atoms with Gasteiger partial charge in [-0.05, 0) is 35.1 Å². The summed E-state index contributed by atoms with van der Waals surface area (Å²) in [6.07, 6.45) is 6.19. The molecule has 304 valence electrons. The Morgan fingerprint density at radius 2 is 1.55 bits per heavy atom. The number of amides is 4. The molecule has 3 aliphatic rings. The Balaban J connectivity index is 1.17. The minimum atomic E-state index is -1.14. The third-order valence-corrected chi connectivity index (χ3v) is 11.4. The van der Waals surface area contributed by atoms with Gasteiger partial charge in [0.1, 0.15) is 11.8 Å². The molecule has 0 bridgehead atoms. The van der Waals surface area contributed by atoms with Crippen molar-refractivity contribution in [2.45, 2.75) is 82.4 Å². The highest BCUT2D eigenvalue weighted by Gasteiger charge is 2.34. The zero-order valence-electron chi connectivity index (χ0n) is 32.4. The monoisotopic (exact) mass is 774 g/mol. The summed E-state index contributed by atoms with van der Waals surface area (Å²) in [5, 5.41) is 26.3. The topological polar surface area (TPSA) is 176 Å². The third-order valence-electron chi connectivity index (χ3n) is 11.4. The van der Waals surface area contributed by atoms with Gasteiger partial charge in [-0.25, -0.2) is 0 Å². The molecule has 3 heterocycles. The van der Waals surface area contributed by atoms with Crippen molar-refractivity contribution in [1.29, 1.82) is 0 Å². The summed E-state index contributed by atoms with van der Waals surface area (Å²) >= 11 is 0. The Kier molecular flexibility index (Phi) is 15.7. The van der Waals surface area contributed by atoms with Crippen molar-refractivity contribution in [2.75, 3.05) is 65.7 Å². The molecular formula is C42H58N6O8. The molecule has 3 fully saturated rings. The number of morpholine rings is 2. The van der Waals surface area contributed by atoms with Gasteiger partial charge in [-0.2, -0.15) is 0 Å². The van der Waals surface area contributed by atoms with E-state index in [9.17, 15) is 24.3 Å². The Bertz CT molecular complexity index is 1700. The standard InChI is InChI=1S/C42H58N6O8/c49-38(29-39(50)43-15-16-47-17-21-54-22-18-47)36(25-30-7-2-1-3-8-30)45-42(53)37(28-34-13-14-44-56-34)46-41(52)33(27-40(51)48-19-23-55-24-20-48)26-32-11-6-10-31-9-4-5-12-35(31)32/h4-6,9-14,30,33,36-38,49H,1-3,7-8,15-29H2,(H,43,50)(H,45,53)(H,46,52)/t33-,36+,37+,38+/m1/s1. The molecule has 2 aliphatic heterocycles. The first-order valence-electron chi connectivity index (χ1n) is 20.4. The summed E-state index contributed by atoms with van der Waals surface area (Å²) in [7, 11) is 0. The number of benzene rings is 2. The number of carbonyl (C=O) groups is 4. The average molecular weight is 775 g/mol. The molecule has 0 spiro atoms. The number of aliphatic hydroxyl groups is 1. The van der Waals surface area contributed by atoms with Crippen LogP contribution < -0.4 is 16.0 Å². The lowest BCUT2D eigenvalue weighted by Crippen LogP contribution is -2.55. The van der Waals surface area contributed by atoms with E-state index in [1.807, 2.05) is 42.5 Å². The average Bonchev–Trinajstić information content (AvgIpc) is 3.74. The molecule has 0 radical (unpaired) electrons. The Labute approximate surface area is 329 Å². The molecule has 4 N–H and O–H groups in total. The zero-order chi connectivity index (χ0) is 39.1. The first kappa shape index (κ1) is 41.3. The molecule has 6 rings (SSSR count). The predicted molar refractivity (Wildman–Crippen MR) is 209 cm³/mol. The fourth-order valence-corrected chi connectivity index (χ4v) is 8.15.